The number of anilines is 1. The Hall–Kier alpha value is -4.70. The van der Waals surface area contributed by atoms with Crippen LogP contribution in [-0.2, 0) is 32.6 Å². The third-order valence-corrected chi connectivity index (χ3v) is 9.38. The van der Waals surface area contributed by atoms with Gasteiger partial charge < -0.3 is 15.0 Å². The predicted molar refractivity (Wildman–Crippen MR) is 178 cm³/mol. The van der Waals surface area contributed by atoms with Crippen molar-refractivity contribution in [3.05, 3.63) is 126 Å². The molecule has 0 saturated carbocycles. The Morgan fingerprint density at radius 1 is 0.870 bits per heavy atom. The summed E-state index contributed by atoms with van der Waals surface area (Å²) in [6.45, 7) is 3.62. The zero-order chi connectivity index (χ0) is 33.1. The van der Waals surface area contributed by atoms with Crippen LogP contribution in [0.15, 0.2) is 108 Å². The summed E-state index contributed by atoms with van der Waals surface area (Å²) in [6.07, 6.45) is 1.81. The van der Waals surface area contributed by atoms with E-state index in [0.29, 0.717) is 12.1 Å². The summed E-state index contributed by atoms with van der Waals surface area (Å²) in [7, 11) is -2.85. The van der Waals surface area contributed by atoms with E-state index in [0.717, 1.165) is 28.3 Å². The second-order valence-corrected chi connectivity index (χ2v) is 12.9. The highest BCUT2D eigenvalue weighted by Gasteiger charge is 2.35. The second kappa shape index (κ2) is 16.0. The maximum Gasteiger partial charge on any atom is 0.264 e. The van der Waals surface area contributed by atoms with Crippen LogP contribution in [0.1, 0.15) is 36.5 Å². The number of methoxy groups -OCH3 is 1. The molecular weight excluding hydrogens is 605 g/mol. The van der Waals surface area contributed by atoms with Crippen molar-refractivity contribution in [1.82, 2.24) is 10.2 Å². The third kappa shape index (κ3) is 8.72. The van der Waals surface area contributed by atoms with Gasteiger partial charge in [-0.1, -0.05) is 85.6 Å². The molecule has 0 aliphatic heterocycles. The van der Waals surface area contributed by atoms with Crippen molar-refractivity contribution in [2.45, 2.75) is 50.6 Å². The predicted octanol–water partition coefficient (Wildman–Crippen LogP) is 5.89. The Morgan fingerprint density at radius 3 is 2.17 bits per heavy atom. The number of carbonyl (C=O) groups excluding carboxylic acids is 2. The van der Waals surface area contributed by atoms with Crippen LogP contribution in [0.3, 0.4) is 0 Å². The molecule has 0 spiro atoms. The van der Waals surface area contributed by atoms with E-state index in [1.165, 1.54) is 36.3 Å². The van der Waals surface area contributed by atoms with Crippen LogP contribution in [0.5, 0.6) is 5.75 Å². The lowest BCUT2D eigenvalue weighted by molar-refractivity contribution is -0.140. The zero-order valence-electron chi connectivity index (χ0n) is 26.4. The molecule has 0 saturated heterocycles. The van der Waals surface area contributed by atoms with E-state index in [2.05, 4.69) is 5.32 Å². The monoisotopic (exact) mass is 645 g/mol. The summed E-state index contributed by atoms with van der Waals surface area (Å²) in [5.41, 5.74) is 2.46. The number of para-hydroxylation sites is 2. The van der Waals surface area contributed by atoms with Crippen LogP contribution in [0.4, 0.5) is 10.1 Å². The smallest absolute Gasteiger partial charge is 0.264 e. The molecule has 4 rings (SSSR count). The largest absolute Gasteiger partial charge is 0.495 e. The van der Waals surface area contributed by atoms with E-state index in [-0.39, 0.29) is 35.2 Å². The summed E-state index contributed by atoms with van der Waals surface area (Å²) >= 11 is 0. The molecule has 0 radical (unpaired) electrons. The number of ether oxygens (including phenoxy) is 1. The first kappa shape index (κ1) is 34.2. The Kier molecular flexibility index (Phi) is 11.9. The molecule has 242 valence electrons. The number of nitrogens with one attached hydrogen (secondary N) is 1. The SMILES string of the molecule is CCCCNC(=O)C(Cc1ccccc1)N(Cc1ccc(F)cc1)C(=O)CN(c1ccccc1OC)S(=O)(=O)c1ccc(C)cc1. The molecule has 0 aromatic heterocycles. The topological polar surface area (TPSA) is 96.0 Å². The summed E-state index contributed by atoms with van der Waals surface area (Å²) in [6, 6.07) is 26.9. The van der Waals surface area contributed by atoms with Gasteiger partial charge in [0.25, 0.3) is 10.0 Å². The Morgan fingerprint density at radius 2 is 1.52 bits per heavy atom. The number of unbranched alkanes of at least 4 members (excludes halogenated alkanes) is 1. The van der Waals surface area contributed by atoms with E-state index in [1.54, 1.807) is 48.5 Å². The third-order valence-electron chi connectivity index (χ3n) is 7.61. The zero-order valence-corrected chi connectivity index (χ0v) is 27.2. The van der Waals surface area contributed by atoms with Gasteiger partial charge in [0.1, 0.15) is 24.2 Å². The van der Waals surface area contributed by atoms with Crippen molar-refractivity contribution in [2.24, 2.45) is 0 Å². The fraction of sp³-hybridized carbons (Fsp3) is 0.278. The number of amides is 2. The van der Waals surface area contributed by atoms with E-state index < -0.39 is 34.3 Å². The van der Waals surface area contributed by atoms with Gasteiger partial charge in [-0.05, 0) is 60.9 Å². The van der Waals surface area contributed by atoms with Crippen molar-refractivity contribution in [3.8, 4) is 5.75 Å². The highest BCUT2D eigenvalue weighted by atomic mass is 32.2. The van der Waals surface area contributed by atoms with Crippen molar-refractivity contribution in [1.29, 1.82) is 0 Å². The number of benzene rings is 4. The van der Waals surface area contributed by atoms with Gasteiger partial charge in [-0.2, -0.15) is 0 Å². The van der Waals surface area contributed by atoms with Gasteiger partial charge >= 0.3 is 0 Å². The maximum atomic E-state index is 14.5. The fourth-order valence-corrected chi connectivity index (χ4v) is 6.46. The van der Waals surface area contributed by atoms with Gasteiger partial charge in [0.15, 0.2) is 0 Å². The molecule has 1 atom stereocenters. The molecule has 1 N–H and O–H groups in total. The quantitative estimate of drug-likeness (QED) is 0.163. The second-order valence-electron chi connectivity index (χ2n) is 11.0. The van der Waals surface area contributed by atoms with Crippen molar-refractivity contribution in [3.63, 3.8) is 0 Å². The highest BCUT2D eigenvalue weighted by molar-refractivity contribution is 7.92. The number of nitrogens with zero attached hydrogens (tertiary/aromatic N) is 2. The molecule has 0 fully saturated rings. The lowest BCUT2D eigenvalue weighted by Crippen LogP contribution is -2.53. The minimum Gasteiger partial charge on any atom is -0.495 e. The van der Waals surface area contributed by atoms with Crippen LogP contribution in [0.25, 0.3) is 0 Å². The van der Waals surface area contributed by atoms with E-state index >= 15 is 0 Å². The number of halogens is 1. The Labute approximate surface area is 270 Å². The molecule has 10 heteroatoms. The van der Waals surface area contributed by atoms with E-state index in [9.17, 15) is 22.4 Å². The van der Waals surface area contributed by atoms with Crippen molar-refractivity contribution >= 4 is 27.5 Å². The van der Waals surface area contributed by atoms with Crippen molar-refractivity contribution < 1.29 is 27.1 Å². The maximum absolute atomic E-state index is 14.5. The summed E-state index contributed by atoms with van der Waals surface area (Å²) in [4.78, 5) is 29.7. The molecule has 2 amide bonds. The Balaban J connectivity index is 1.81. The number of hydrogen-bond acceptors (Lipinski definition) is 5. The normalized spacial score (nSPS) is 11.8. The average Bonchev–Trinajstić information content (AvgIpc) is 3.06. The number of rotatable bonds is 15. The molecule has 0 heterocycles. The molecule has 4 aromatic rings. The van der Waals surface area contributed by atoms with Crippen LogP contribution < -0.4 is 14.4 Å². The van der Waals surface area contributed by atoms with E-state index in [4.69, 9.17) is 4.74 Å². The fourth-order valence-electron chi connectivity index (χ4n) is 5.03. The first-order chi connectivity index (χ1) is 22.1. The first-order valence-electron chi connectivity index (χ1n) is 15.2. The molecule has 0 aliphatic rings. The Bertz CT molecular complexity index is 1700. The number of hydrogen-bond donors (Lipinski definition) is 1. The van der Waals surface area contributed by atoms with Gasteiger partial charge in [-0.15, -0.1) is 0 Å². The summed E-state index contributed by atoms with van der Waals surface area (Å²) in [5.74, 6) is -1.16. The molecular formula is C36H40FN3O5S. The van der Waals surface area contributed by atoms with Crippen LogP contribution in [0, 0.1) is 12.7 Å². The van der Waals surface area contributed by atoms with Crippen LogP contribution in [-0.4, -0.2) is 51.4 Å². The van der Waals surface area contributed by atoms with E-state index in [1.807, 2.05) is 44.2 Å². The standard InChI is InChI=1S/C36H40FN3O5S/c1-4-5-23-38-36(42)33(24-28-11-7-6-8-12-28)39(25-29-17-19-30(37)20-18-29)35(41)26-40(32-13-9-10-14-34(32)45-3)46(43,44)31-21-15-27(2)16-22-31/h6-22,33H,4-5,23-26H2,1-3H3,(H,38,42). The van der Waals surface area contributed by atoms with Gasteiger partial charge in [0.2, 0.25) is 11.8 Å². The van der Waals surface area contributed by atoms with Crippen molar-refractivity contribution in [2.75, 3.05) is 24.5 Å². The lowest BCUT2D eigenvalue weighted by atomic mass is 10.0. The molecule has 46 heavy (non-hydrogen) atoms. The average molecular weight is 646 g/mol. The van der Waals surface area contributed by atoms with Gasteiger partial charge in [-0.25, -0.2) is 12.8 Å². The summed E-state index contributed by atoms with van der Waals surface area (Å²) < 4.78 is 48.8. The number of aryl methyl sites for hydroxylation is 1. The molecule has 1 unspecified atom stereocenters. The van der Waals surface area contributed by atoms with Gasteiger partial charge in [0, 0.05) is 19.5 Å². The molecule has 0 aliphatic carbocycles. The number of sulfonamides is 1. The van der Waals surface area contributed by atoms with Gasteiger partial charge in [-0.3, -0.25) is 13.9 Å². The van der Waals surface area contributed by atoms with Gasteiger partial charge in [0.05, 0.1) is 17.7 Å². The number of carbonyl (C=O) groups is 2. The highest BCUT2D eigenvalue weighted by Crippen LogP contribution is 2.32. The minimum absolute atomic E-state index is 0.0000323. The first-order valence-corrected chi connectivity index (χ1v) is 16.7. The van der Waals surface area contributed by atoms with Crippen LogP contribution in [0.2, 0.25) is 0 Å². The molecule has 8 nitrogen and oxygen atoms in total. The lowest BCUT2D eigenvalue weighted by Gasteiger charge is -2.34. The van der Waals surface area contributed by atoms with Crippen LogP contribution >= 0.6 is 0 Å². The minimum atomic E-state index is -4.28. The molecule has 0 bridgehead atoms. The summed E-state index contributed by atoms with van der Waals surface area (Å²) in [5, 5.41) is 2.95. The molecule has 4 aromatic carbocycles.